The van der Waals surface area contributed by atoms with Crippen LogP contribution >= 0.6 is 0 Å². The van der Waals surface area contributed by atoms with Crippen LogP contribution in [0, 0.1) is 0 Å². The van der Waals surface area contributed by atoms with Gasteiger partial charge in [0.2, 0.25) is 0 Å². The molecule has 0 aromatic rings. The molecular formula is C10H21N3. The molecule has 0 radical (unpaired) electrons. The van der Waals surface area contributed by atoms with Gasteiger partial charge in [0.25, 0.3) is 0 Å². The fraction of sp³-hybridized carbons (Fsp3) is 1.00. The molecular weight excluding hydrogens is 162 g/mol. The zero-order valence-corrected chi connectivity index (χ0v) is 8.79. The van der Waals surface area contributed by atoms with Gasteiger partial charge >= 0.3 is 0 Å². The maximum Gasteiger partial charge on any atom is 0.0345 e. The van der Waals surface area contributed by atoms with Gasteiger partial charge < -0.3 is 10.2 Å². The number of nitrogens with one attached hydrogen (secondary N) is 1. The van der Waals surface area contributed by atoms with Crippen LogP contribution in [-0.2, 0) is 0 Å². The summed E-state index contributed by atoms with van der Waals surface area (Å²) in [5.41, 5.74) is 0. The molecule has 1 aliphatic carbocycles. The molecule has 0 spiro atoms. The third-order valence-corrected chi connectivity index (χ3v) is 3.31. The molecule has 2 aliphatic rings. The van der Waals surface area contributed by atoms with Crippen molar-refractivity contribution in [2.75, 3.05) is 40.3 Å². The van der Waals surface area contributed by atoms with Crippen LogP contribution in [0.3, 0.4) is 0 Å². The number of hydrogen-bond donors (Lipinski definition) is 1. The molecule has 0 amide bonds. The molecule has 13 heavy (non-hydrogen) atoms. The van der Waals surface area contributed by atoms with Gasteiger partial charge in [0, 0.05) is 38.3 Å². The molecule has 1 N–H and O–H groups in total. The molecule has 1 aliphatic heterocycles. The number of nitrogens with zero attached hydrogens (tertiary/aromatic N) is 2. The van der Waals surface area contributed by atoms with Gasteiger partial charge in [0.05, 0.1) is 0 Å². The lowest BCUT2D eigenvalue weighted by atomic mass is 10.2. The van der Waals surface area contributed by atoms with Crippen molar-refractivity contribution in [2.24, 2.45) is 0 Å². The highest BCUT2D eigenvalue weighted by atomic mass is 15.3. The van der Waals surface area contributed by atoms with Crippen LogP contribution in [0.1, 0.15) is 12.8 Å². The van der Waals surface area contributed by atoms with Crippen LogP contribution in [0.4, 0.5) is 0 Å². The first-order chi connectivity index (χ1) is 6.27. The summed E-state index contributed by atoms with van der Waals surface area (Å²) in [5, 5.41) is 3.46. The van der Waals surface area contributed by atoms with E-state index in [2.05, 4.69) is 29.2 Å². The van der Waals surface area contributed by atoms with Crippen molar-refractivity contribution in [3.8, 4) is 0 Å². The fourth-order valence-electron chi connectivity index (χ4n) is 2.06. The van der Waals surface area contributed by atoms with E-state index in [-0.39, 0.29) is 0 Å². The predicted molar refractivity (Wildman–Crippen MR) is 54.9 cm³/mol. The van der Waals surface area contributed by atoms with E-state index in [1.54, 1.807) is 0 Å². The lowest BCUT2D eigenvalue weighted by molar-refractivity contribution is 0.149. The Morgan fingerprint density at radius 1 is 1.46 bits per heavy atom. The Morgan fingerprint density at radius 2 is 2.23 bits per heavy atom. The summed E-state index contributed by atoms with van der Waals surface area (Å²) in [5.74, 6) is 0. The van der Waals surface area contributed by atoms with Crippen LogP contribution < -0.4 is 5.32 Å². The number of likely N-dealkylation sites (N-methyl/N-ethyl adjacent to an activating group) is 2. The third kappa shape index (κ3) is 2.42. The maximum absolute atomic E-state index is 3.46. The van der Waals surface area contributed by atoms with Crippen molar-refractivity contribution >= 4 is 0 Å². The molecule has 2 fully saturated rings. The first kappa shape index (κ1) is 9.44. The summed E-state index contributed by atoms with van der Waals surface area (Å²) in [4.78, 5) is 5.00. The van der Waals surface area contributed by atoms with Crippen molar-refractivity contribution < 1.29 is 0 Å². The van der Waals surface area contributed by atoms with E-state index >= 15 is 0 Å². The van der Waals surface area contributed by atoms with Gasteiger partial charge in [-0.15, -0.1) is 0 Å². The largest absolute Gasteiger partial charge is 0.314 e. The number of piperazine rings is 1. The Bertz CT molecular complexity index is 168. The van der Waals surface area contributed by atoms with Gasteiger partial charge in [0.15, 0.2) is 0 Å². The van der Waals surface area contributed by atoms with E-state index in [9.17, 15) is 0 Å². The Balaban J connectivity index is 1.77. The second-order valence-corrected chi connectivity index (χ2v) is 4.51. The van der Waals surface area contributed by atoms with Crippen LogP contribution in [-0.4, -0.2) is 62.2 Å². The summed E-state index contributed by atoms with van der Waals surface area (Å²) in [6.07, 6.45) is 2.83. The molecule has 2 rings (SSSR count). The van der Waals surface area contributed by atoms with Gasteiger partial charge in [-0.25, -0.2) is 0 Å². The summed E-state index contributed by atoms with van der Waals surface area (Å²) >= 11 is 0. The van der Waals surface area contributed by atoms with Gasteiger partial charge in [-0.2, -0.15) is 0 Å². The van der Waals surface area contributed by atoms with Crippen LogP contribution in [0.2, 0.25) is 0 Å². The molecule has 1 saturated carbocycles. The van der Waals surface area contributed by atoms with E-state index in [4.69, 9.17) is 0 Å². The van der Waals surface area contributed by atoms with Crippen molar-refractivity contribution in [3.05, 3.63) is 0 Å². The van der Waals surface area contributed by atoms with Crippen LogP contribution in [0.25, 0.3) is 0 Å². The van der Waals surface area contributed by atoms with Crippen molar-refractivity contribution in [1.82, 2.24) is 15.1 Å². The molecule has 3 heteroatoms. The maximum atomic E-state index is 3.46. The average Bonchev–Trinajstić information content (AvgIpc) is 2.91. The molecule has 3 nitrogen and oxygen atoms in total. The summed E-state index contributed by atoms with van der Waals surface area (Å²) in [7, 11) is 4.51. The summed E-state index contributed by atoms with van der Waals surface area (Å²) < 4.78 is 0. The molecule has 1 saturated heterocycles. The Morgan fingerprint density at radius 3 is 2.85 bits per heavy atom. The quantitative estimate of drug-likeness (QED) is 0.663. The van der Waals surface area contributed by atoms with E-state index in [0.717, 1.165) is 25.2 Å². The molecule has 1 heterocycles. The molecule has 0 bridgehead atoms. The zero-order valence-electron chi connectivity index (χ0n) is 8.79. The number of hydrogen-bond acceptors (Lipinski definition) is 3. The summed E-state index contributed by atoms with van der Waals surface area (Å²) in [6.45, 7) is 4.74. The molecule has 0 aromatic heterocycles. The highest BCUT2D eigenvalue weighted by Crippen LogP contribution is 2.25. The zero-order chi connectivity index (χ0) is 9.26. The number of rotatable bonds is 3. The minimum absolute atomic E-state index is 0.722. The Hall–Kier alpha value is -0.120. The SMILES string of the molecule is CN1CCNCC1CN(C)C1CC1. The predicted octanol–water partition coefficient (Wildman–Crippen LogP) is -0.0158. The first-order valence-corrected chi connectivity index (χ1v) is 5.38. The second-order valence-electron chi connectivity index (χ2n) is 4.51. The minimum Gasteiger partial charge on any atom is -0.314 e. The van der Waals surface area contributed by atoms with E-state index in [1.165, 1.54) is 25.9 Å². The third-order valence-electron chi connectivity index (χ3n) is 3.31. The monoisotopic (exact) mass is 183 g/mol. The highest BCUT2D eigenvalue weighted by molar-refractivity contribution is 4.87. The standard InChI is InChI=1S/C10H21N3/c1-12-6-5-11-7-10(12)8-13(2)9-3-4-9/h9-11H,3-8H2,1-2H3. The molecule has 76 valence electrons. The highest BCUT2D eigenvalue weighted by Gasteiger charge is 2.29. The molecule has 1 atom stereocenters. The van der Waals surface area contributed by atoms with E-state index in [1.807, 2.05) is 0 Å². The van der Waals surface area contributed by atoms with Gasteiger partial charge in [-0.1, -0.05) is 0 Å². The summed E-state index contributed by atoms with van der Waals surface area (Å²) in [6, 6.07) is 1.62. The topological polar surface area (TPSA) is 18.5 Å². The molecule has 0 aromatic carbocycles. The minimum atomic E-state index is 0.722. The van der Waals surface area contributed by atoms with Gasteiger partial charge in [-0.05, 0) is 26.9 Å². The van der Waals surface area contributed by atoms with Crippen LogP contribution in [0.15, 0.2) is 0 Å². The Labute approximate surface area is 81.1 Å². The van der Waals surface area contributed by atoms with E-state index < -0.39 is 0 Å². The smallest absolute Gasteiger partial charge is 0.0345 e. The van der Waals surface area contributed by atoms with Crippen molar-refractivity contribution in [2.45, 2.75) is 24.9 Å². The normalized spacial score (nSPS) is 31.2. The van der Waals surface area contributed by atoms with Gasteiger partial charge in [0.1, 0.15) is 0 Å². The van der Waals surface area contributed by atoms with Crippen molar-refractivity contribution in [3.63, 3.8) is 0 Å². The lowest BCUT2D eigenvalue weighted by Gasteiger charge is -2.35. The fourth-order valence-corrected chi connectivity index (χ4v) is 2.06. The Kier molecular flexibility index (Phi) is 2.86. The second kappa shape index (κ2) is 3.95. The molecule has 1 unspecified atom stereocenters. The average molecular weight is 183 g/mol. The van der Waals surface area contributed by atoms with Gasteiger partial charge in [-0.3, -0.25) is 4.90 Å². The van der Waals surface area contributed by atoms with Crippen molar-refractivity contribution in [1.29, 1.82) is 0 Å². The lowest BCUT2D eigenvalue weighted by Crippen LogP contribution is -2.53. The van der Waals surface area contributed by atoms with Crippen LogP contribution in [0.5, 0.6) is 0 Å². The van der Waals surface area contributed by atoms with E-state index in [0.29, 0.717) is 0 Å². The first-order valence-electron chi connectivity index (χ1n) is 5.38.